The maximum atomic E-state index is 11.8. The highest BCUT2D eigenvalue weighted by atomic mass is 32.7. The predicted molar refractivity (Wildman–Crippen MR) is 88.0 cm³/mol. The molecule has 4 nitrogen and oxygen atoms in total. The number of amides is 2. The van der Waals surface area contributed by atoms with Crippen molar-refractivity contribution in [3.63, 3.8) is 0 Å². The zero-order valence-electron chi connectivity index (χ0n) is 9.80. The average Bonchev–Trinajstić information content (AvgIpc) is 2.30. The Morgan fingerprint density at radius 1 is 1.12 bits per heavy atom. The summed E-state index contributed by atoms with van der Waals surface area (Å²) in [4.78, 5) is 24.7. The van der Waals surface area contributed by atoms with Crippen LogP contribution in [0.2, 0.25) is 0 Å². The van der Waals surface area contributed by atoms with Gasteiger partial charge in [0.05, 0.1) is 6.54 Å². The molecule has 0 aliphatic heterocycles. The summed E-state index contributed by atoms with van der Waals surface area (Å²) in [6.45, 7) is 2.92. The third-order valence-electron chi connectivity index (χ3n) is 2.02. The van der Waals surface area contributed by atoms with Gasteiger partial charge in [-0.1, -0.05) is 16.9 Å². The number of hydrogen-bond donors (Lipinski definition) is 0. The Morgan fingerprint density at radius 2 is 1.65 bits per heavy atom. The van der Waals surface area contributed by atoms with E-state index in [1.807, 2.05) is 0 Å². The van der Waals surface area contributed by atoms with Crippen LogP contribution in [-0.2, 0) is 9.59 Å². The molecule has 2 amide bonds. The Hall–Kier alpha value is 0.930. The number of carbonyl (C=O) groups excluding carboxylic acids is 2. The summed E-state index contributed by atoms with van der Waals surface area (Å²) in [5.41, 5.74) is 0. The first-order chi connectivity index (χ1) is 8.02. The molecule has 3 atom stereocenters. The maximum absolute atomic E-state index is 11.8. The van der Waals surface area contributed by atoms with E-state index in [0.717, 1.165) is 11.5 Å². The fourth-order valence-electron chi connectivity index (χ4n) is 1.04. The molecule has 0 aromatic heterocycles. The molecule has 0 aromatic carbocycles. The SMILES string of the molecule is CC(=O)N(CCSP)CC(=O)N(P)CCSP. The first kappa shape index (κ1) is 17.9. The van der Waals surface area contributed by atoms with Crippen molar-refractivity contribution in [2.24, 2.45) is 0 Å². The van der Waals surface area contributed by atoms with E-state index in [1.165, 1.54) is 6.92 Å². The quantitative estimate of drug-likeness (QED) is 0.632. The summed E-state index contributed by atoms with van der Waals surface area (Å²) in [6, 6.07) is 0. The Morgan fingerprint density at radius 3 is 2.12 bits per heavy atom. The number of rotatable bonds is 8. The molecule has 0 saturated carbocycles. The average molecular weight is 332 g/mol. The molecule has 0 bridgehead atoms. The second kappa shape index (κ2) is 10.8. The molecule has 0 saturated heterocycles. The minimum atomic E-state index is -0.0591. The van der Waals surface area contributed by atoms with Gasteiger partial charge in [0.15, 0.2) is 0 Å². The van der Waals surface area contributed by atoms with Crippen LogP contribution in [-0.4, -0.2) is 52.5 Å². The van der Waals surface area contributed by atoms with E-state index in [0.29, 0.717) is 13.1 Å². The van der Waals surface area contributed by atoms with Crippen molar-refractivity contribution < 1.29 is 9.59 Å². The van der Waals surface area contributed by atoms with Crippen LogP contribution in [0.5, 0.6) is 0 Å². The lowest BCUT2D eigenvalue weighted by Crippen LogP contribution is -2.40. The van der Waals surface area contributed by atoms with Gasteiger partial charge in [0.1, 0.15) is 0 Å². The third kappa shape index (κ3) is 8.61. The summed E-state index contributed by atoms with van der Waals surface area (Å²) in [6.07, 6.45) is 0. The minimum absolute atomic E-state index is 0.0435. The van der Waals surface area contributed by atoms with Crippen molar-refractivity contribution in [3.05, 3.63) is 0 Å². The Bertz CT molecular complexity index is 259. The summed E-state index contributed by atoms with van der Waals surface area (Å²) in [5, 5.41) is 0. The van der Waals surface area contributed by atoms with E-state index in [9.17, 15) is 9.59 Å². The molecule has 9 heteroatoms. The molecule has 3 unspecified atom stereocenters. The first-order valence-electron chi connectivity index (χ1n) is 4.96. The summed E-state index contributed by atoms with van der Waals surface area (Å²) >= 11 is 3.19. The minimum Gasteiger partial charge on any atom is -0.333 e. The lowest BCUT2D eigenvalue weighted by molar-refractivity contribution is -0.136. The van der Waals surface area contributed by atoms with Crippen LogP contribution >= 0.6 is 49.0 Å². The van der Waals surface area contributed by atoms with E-state index < -0.39 is 0 Å². The van der Waals surface area contributed by atoms with Gasteiger partial charge in [-0.15, -0.1) is 22.8 Å². The van der Waals surface area contributed by atoms with Gasteiger partial charge in [-0.05, 0) is 9.39 Å². The zero-order chi connectivity index (χ0) is 13.3. The van der Waals surface area contributed by atoms with Crippen LogP contribution in [0.3, 0.4) is 0 Å². The fraction of sp³-hybridized carbons (Fsp3) is 0.750. The summed E-state index contributed by atoms with van der Waals surface area (Å²) < 4.78 is 1.58. The second-order valence-electron chi connectivity index (χ2n) is 3.27. The van der Waals surface area contributed by atoms with Crippen LogP contribution in [0.15, 0.2) is 0 Å². The van der Waals surface area contributed by atoms with Crippen LogP contribution < -0.4 is 0 Å². The molecule has 0 radical (unpaired) electrons. The largest absolute Gasteiger partial charge is 0.333 e. The van der Waals surface area contributed by atoms with E-state index in [1.54, 1.807) is 32.3 Å². The van der Waals surface area contributed by atoms with E-state index in [4.69, 9.17) is 0 Å². The van der Waals surface area contributed by atoms with Crippen LogP contribution in [0.25, 0.3) is 0 Å². The topological polar surface area (TPSA) is 40.6 Å². The second-order valence-corrected chi connectivity index (χ2v) is 7.38. The highest BCUT2D eigenvalue weighted by Crippen LogP contribution is 2.13. The normalized spacial score (nSPS) is 10.1. The molecule has 100 valence electrons. The van der Waals surface area contributed by atoms with E-state index in [-0.39, 0.29) is 18.4 Å². The van der Waals surface area contributed by atoms with E-state index in [2.05, 4.69) is 26.3 Å². The molecule has 0 spiro atoms. The molecule has 0 aliphatic carbocycles. The van der Waals surface area contributed by atoms with Gasteiger partial charge in [-0.3, -0.25) is 9.59 Å². The lowest BCUT2D eigenvalue weighted by Gasteiger charge is -2.23. The first-order valence-corrected chi connectivity index (χ1v) is 10.4. The zero-order valence-corrected chi connectivity index (χ0v) is 14.9. The van der Waals surface area contributed by atoms with Crippen LogP contribution in [0.1, 0.15) is 6.92 Å². The molecule has 0 N–H and O–H groups in total. The molecular weight excluding hydrogens is 313 g/mol. The van der Waals surface area contributed by atoms with Crippen molar-refractivity contribution in [2.45, 2.75) is 6.92 Å². The van der Waals surface area contributed by atoms with Gasteiger partial charge in [0, 0.05) is 31.5 Å². The maximum Gasteiger partial charge on any atom is 0.245 e. The molecule has 0 aromatic rings. The fourth-order valence-corrected chi connectivity index (χ4v) is 2.70. The Kier molecular flexibility index (Phi) is 11.4. The molecule has 17 heavy (non-hydrogen) atoms. The van der Waals surface area contributed by atoms with Gasteiger partial charge in [0.25, 0.3) is 0 Å². The summed E-state index contributed by atoms with van der Waals surface area (Å²) in [5.74, 6) is 1.58. The van der Waals surface area contributed by atoms with Gasteiger partial charge >= 0.3 is 0 Å². The molecule has 0 fully saturated rings. The van der Waals surface area contributed by atoms with Gasteiger partial charge in [-0.2, -0.15) is 0 Å². The monoisotopic (exact) mass is 332 g/mol. The Balaban J connectivity index is 4.15. The standard InChI is InChI=1S/C8H19N2O2P3S2/c1-7(11)9(2-4-16-14)6-8(12)10(13)3-5-17-15/h2-6,13-15H2,1H3. The highest BCUT2D eigenvalue weighted by molar-refractivity contribution is 8.44. The number of carbonyl (C=O) groups is 2. The smallest absolute Gasteiger partial charge is 0.245 e. The predicted octanol–water partition coefficient (Wildman–Crippen LogP) is 1.50. The number of nitrogens with zero attached hydrogens (tertiary/aromatic N) is 2. The van der Waals surface area contributed by atoms with E-state index >= 15 is 0 Å². The molecule has 0 heterocycles. The third-order valence-corrected chi connectivity index (χ3v) is 4.82. The van der Waals surface area contributed by atoms with Crippen LogP contribution in [0.4, 0.5) is 0 Å². The molecule has 0 rings (SSSR count). The highest BCUT2D eigenvalue weighted by Gasteiger charge is 2.16. The van der Waals surface area contributed by atoms with Crippen molar-refractivity contribution in [3.8, 4) is 0 Å². The van der Waals surface area contributed by atoms with Crippen molar-refractivity contribution in [1.29, 1.82) is 0 Å². The van der Waals surface area contributed by atoms with Crippen molar-refractivity contribution in [1.82, 2.24) is 9.57 Å². The van der Waals surface area contributed by atoms with Crippen molar-refractivity contribution in [2.75, 3.05) is 31.1 Å². The van der Waals surface area contributed by atoms with Gasteiger partial charge < -0.3 is 9.57 Å². The van der Waals surface area contributed by atoms with Gasteiger partial charge in [0.2, 0.25) is 11.8 Å². The molecule has 0 aliphatic rings. The molecular formula is C8H19N2O2P3S2. The van der Waals surface area contributed by atoms with Gasteiger partial charge in [-0.25, -0.2) is 0 Å². The van der Waals surface area contributed by atoms with Crippen molar-refractivity contribution >= 4 is 60.9 Å². The number of hydrogen-bond acceptors (Lipinski definition) is 4. The van der Waals surface area contributed by atoms with Crippen LogP contribution in [0, 0.1) is 0 Å². The lowest BCUT2D eigenvalue weighted by atomic mass is 10.4. The summed E-state index contributed by atoms with van der Waals surface area (Å²) in [7, 11) is 7.49. The Labute approximate surface area is 118 Å².